The van der Waals surface area contributed by atoms with Crippen molar-refractivity contribution in [1.29, 1.82) is 0 Å². The Morgan fingerprint density at radius 3 is 2.63 bits per heavy atom. The molecule has 1 aromatic heterocycles. The lowest BCUT2D eigenvalue weighted by Gasteiger charge is -2.15. The average Bonchev–Trinajstić information content (AvgIpc) is 2.80. The molecule has 0 saturated carbocycles. The Hall–Kier alpha value is -1.40. The van der Waals surface area contributed by atoms with E-state index in [0.29, 0.717) is 24.4 Å². The Kier molecular flexibility index (Phi) is 5.98. The molecule has 0 aliphatic carbocycles. The topological polar surface area (TPSA) is 56.6 Å². The zero-order valence-corrected chi connectivity index (χ0v) is 12.3. The average molecular weight is 269 g/mol. The van der Waals surface area contributed by atoms with Crippen LogP contribution < -0.4 is 4.74 Å². The van der Waals surface area contributed by atoms with Gasteiger partial charge in [0, 0.05) is 13.7 Å². The number of methoxy groups -OCH3 is 2. The smallest absolute Gasteiger partial charge is 0.213 e. The number of nitrogens with zero attached hydrogens (tertiary/aromatic N) is 3. The van der Waals surface area contributed by atoms with E-state index in [0.717, 1.165) is 6.54 Å². The summed E-state index contributed by atoms with van der Waals surface area (Å²) >= 11 is 0. The minimum atomic E-state index is -0.455. The Bertz CT molecular complexity index is 411. The Labute approximate surface area is 114 Å². The molecule has 1 atom stereocenters. The van der Waals surface area contributed by atoms with Crippen molar-refractivity contribution >= 4 is 5.78 Å². The van der Waals surface area contributed by atoms with E-state index in [2.05, 4.69) is 5.10 Å². The second-order valence-electron chi connectivity index (χ2n) is 4.58. The highest BCUT2D eigenvalue weighted by molar-refractivity contribution is 6.00. The fraction of sp³-hybridized carbons (Fsp3) is 0.692. The summed E-state index contributed by atoms with van der Waals surface area (Å²) in [5, 5.41) is 4.22. The van der Waals surface area contributed by atoms with Crippen LogP contribution in [-0.2, 0) is 11.3 Å². The van der Waals surface area contributed by atoms with E-state index in [1.807, 2.05) is 25.9 Å². The van der Waals surface area contributed by atoms with E-state index in [1.54, 1.807) is 18.0 Å². The van der Waals surface area contributed by atoms with Gasteiger partial charge >= 0.3 is 0 Å². The van der Waals surface area contributed by atoms with Crippen LogP contribution in [0.25, 0.3) is 0 Å². The van der Waals surface area contributed by atoms with Crippen LogP contribution in [0.5, 0.6) is 5.75 Å². The van der Waals surface area contributed by atoms with Gasteiger partial charge in [-0.2, -0.15) is 5.10 Å². The standard InChI is InChI=1S/C13H23N3O3/c1-6-10(18-4)13(17)12-11(19-5)9-14-16(12)8-7-15(2)3/h9-10H,6-8H2,1-5H3. The van der Waals surface area contributed by atoms with Gasteiger partial charge in [-0.15, -0.1) is 0 Å². The Morgan fingerprint density at radius 1 is 1.47 bits per heavy atom. The predicted octanol–water partition coefficient (Wildman–Crippen LogP) is 1.06. The molecule has 0 radical (unpaired) electrons. The van der Waals surface area contributed by atoms with Gasteiger partial charge in [-0.25, -0.2) is 0 Å². The summed E-state index contributed by atoms with van der Waals surface area (Å²) in [4.78, 5) is 14.5. The van der Waals surface area contributed by atoms with E-state index in [-0.39, 0.29) is 5.78 Å². The fourth-order valence-corrected chi connectivity index (χ4v) is 1.84. The summed E-state index contributed by atoms with van der Waals surface area (Å²) < 4.78 is 12.1. The minimum Gasteiger partial charge on any atom is -0.493 e. The quantitative estimate of drug-likeness (QED) is 0.661. The summed E-state index contributed by atoms with van der Waals surface area (Å²) in [6, 6.07) is 0. The molecule has 6 heteroatoms. The molecule has 1 heterocycles. The largest absolute Gasteiger partial charge is 0.493 e. The number of Topliss-reactive ketones (excluding diaryl/α,β-unsaturated/α-hetero) is 1. The zero-order valence-electron chi connectivity index (χ0n) is 12.3. The maximum Gasteiger partial charge on any atom is 0.213 e. The van der Waals surface area contributed by atoms with Crippen molar-refractivity contribution in [3.8, 4) is 5.75 Å². The molecule has 1 aromatic rings. The van der Waals surface area contributed by atoms with Crippen molar-refractivity contribution in [3.63, 3.8) is 0 Å². The van der Waals surface area contributed by atoms with Crippen LogP contribution in [0.2, 0.25) is 0 Å². The molecule has 0 aromatic carbocycles. The van der Waals surface area contributed by atoms with E-state index < -0.39 is 6.10 Å². The minimum absolute atomic E-state index is 0.0851. The van der Waals surface area contributed by atoms with E-state index in [9.17, 15) is 4.79 Å². The second-order valence-corrected chi connectivity index (χ2v) is 4.58. The lowest BCUT2D eigenvalue weighted by atomic mass is 10.1. The number of ketones is 1. The predicted molar refractivity (Wildman–Crippen MR) is 72.8 cm³/mol. The van der Waals surface area contributed by atoms with Gasteiger partial charge in [0.2, 0.25) is 5.78 Å². The molecular formula is C13H23N3O3. The summed E-state index contributed by atoms with van der Waals surface area (Å²) in [5.74, 6) is 0.414. The van der Waals surface area contributed by atoms with Gasteiger partial charge in [0.1, 0.15) is 11.8 Å². The zero-order chi connectivity index (χ0) is 14.4. The van der Waals surface area contributed by atoms with Crippen LogP contribution in [0, 0.1) is 0 Å². The van der Waals surface area contributed by atoms with Gasteiger partial charge in [-0.1, -0.05) is 6.92 Å². The number of rotatable bonds is 8. The number of carbonyl (C=O) groups excluding carboxylic acids is 1. The lowest BCUT2D eigenvalue weighted by Crippen LogP contribution is -2.27. The number of carbonyl (C=O) groups is 1. The molecule has 0 amide bonds. The third-order valence-electron chi connectivity index (χ3n) is 2.97. The first-order valence-electron chi connectivity index (χ1n) is 6.36. The summed E-state index contributed by atoms with van der Waals surface area (Å²) in [7, 11) is 7.04. The number of ether oxygens (including phenoxy) is 2. The third-order valence-corrected chi connectivity index (χ3v) is 2.97. The third kappa shape index (κ3) is 3.78. The molecule has 1 unspecified atom stereocenters. The van der Waals surface area contributed by atoms with Crippen LogP contribution in [0.15, 0.2) is 6.20 Å². The van der Waals surface area contributed by atoms with Crippen LogP contribution in [0.4, 0.5) is 0 Å². The van der Waals surface area contributed by atoms with Gasteiger partial charge < -0.3 is 14.4 Å². The number of aromatic nitrogens is 2. The van der Waals surface area contributed by atoms with Gasteiger partial charge in [-0.05, 0) is 20.5 Å². The molecule has 19 heavy (non-hydrogen) atoms. The monoisotopic (exact) mass is 269 g/mol. The first-order valence-corrected chi connectivity index (χ1v) is 6.36. The molecule has 0 aliphatic heterocycles. The molecule has 0 fully saturated rings. The van der Waals surface area contributed by atoms with Crippen molar-refractivity contribution in [2.45, 2.75) is 26.0 Å². The van der Waals surface area contributed by atoms with E-state index >= 15 is 0 Å². The van der Waals surface area contributed by atoms with Gasteiger partial charge in [0.25, 0.3) is 0 Å². The molecule has 0 spiro atoms. The van der Waals surface area contributed by atoms with Crippen molar-refractivity contribution in [1.82, 2.24) is 14.7 Å². The van der Waals surface area contributed by atoms with Gasteiger partial charge in [0.05, 0.1) is 19.9 Å². The summed E-state index contributed by atoms with van der Waals surface area (Å²) in [5.41, 5.74) is 0.484. The van der Waals surface area contributed by atoms with Crippen molar-refractivity contribution < 1.29 is 14.3 Å². The maximum absolute atomic E-state index is 12.4. The molecule has 6 nitrogen and oxygen atoms in total. The number of hydrogen-bond acceptors (Lipinski definition) is 5. The van der Waals surface area contributed by atoms with Crippen LogP contribution in [0.3, 0.4) is 0 Å². The number of likely N-dealkylation sites (N-methyl/N-ethyl adjacent to an activating group) is 1. The molecular weight excluding hydrogens is 246 g/mol. The molecule has 0 bridgehead atoms. The maximum atomic E-state index is 12.4. The SMILES string of the molecule is CCC(OC)C(=O)c1c(OC)cnn1CCN(C)C. The molecule has 0 saturated heterocycles. The summed E-state index contributed by atoms with van der Waals surface area (Å²) in [6.45, 7) is 3.35. The lowest BCUT2D eigenvalue weighted by molar-refractivity contribution is 0.0581. The van der Waals surface area contributed by atoms with Crippen molar-refractivity contribution in [3.05, 3.63) is 11.9 Å². The van der Waals surface area contributed by atoms with Crippen LogP contribution in [0.1, 0.15) is 23.8 Å². The Morgan fingerprint density at radius 2 is 2.16 bits per heavy atom. The first kappa shape index (κ1) is 15.7. The van der Waals surface area contributed by atoms with Crippen LogP contribution in [-0.4, -0.2) is 61.4 Å². The highest BCUT2D eigenvalue weighted by atomic mass is 16.5. The van der Waals surface area contributed by atoms with Crippen molar-refractivity contribution in [2.75, 3.05) is 34.9 Å². The van der Waals surface area contributed by atoms with E-state index in [1.165, 1.54) is 7.11 Å². The Balaban J connectivity index is 3.01. The molecule has 0 N–H and O–H groups in total. The number of hydrogen-bond donors (Lipinski definition) is 0. The highest BCUT2D eigenvalue weighted by Crippen LogP contribution is 2.21. The van der Waals surface area contributed by atoms with Crippen molar-refractivity contribution in [2.24, 2.45) is 0 Å². The van der Waals surface area contributed by atoms with Gasteiger partial charge in [0.15, 0.2) is 5.75 Å². The van der Waals surface area contributed by atoms with Crippen LogP contribution >= 0.6 is 0 Å². The summed E-state index contributed by atoms with van der Waals surface area (Å²) in [6.07, 6.45) is 1.74. The molecule has 0 aliphatic rings. The first-order chi connectivity index (χ1) is 9.04. The normalized spacial score (nSPS) is 12.7. The molecule has 108 valence electrons. The fourth-order valence-electron chi connectivity index (χ4n) is 1.84. The highest BCUT2D eigenvalue weighted by Gasteiger charge is 2.26. The van der Waals surface area contributed by atoms with E-state index in [4.69, 9.17) is 9.47 Å². The van der Waals surface area contributed by atoms with Gasteiger partial charge in [-0.3, -0.25) is 9.48 Å². The second kappa shape index (κ2) is 7.25. The molecule has 1 rings (SSSR count).